The highest BCUT2D eigenvalue weighted by molar-refractivity contribution is 5.19. The van der Waals surface area contributed by atoms with Crippen LogP contribution in [0.2, 0.25) is 0 Å². The van der Waals surface area contributed by atoms with Crippen molar-refractivity contribution in [1.82, 2.24) is 0 Å². The quantitative estimate of drug-likeness (QED) is 0.737. The van der Waals surface area contributed by atoms with Crippen LogP contribution >= 0.6 is 0 Å². The lowest BCUT2D eigenvalue weighted by Gasteiger charge is -2.17. The van der Waals surface area contributed by atoms with E-state index in [0.717, 1.165) is 5.56 Å². The van der Waals surface area contributed by atoms with Gasteiger partial charge in [0.25, 0.3) is 0 Å². The third kappa shape index (κ3) is 2.83. The van der Waals surface area contributed by atoms with E-state index < -0.39 is 6.10 Å². The number of hydrogen-bond donors (Lipinski definition) is 2. The Balaban J connectivity index is 2.62. The first-order valence-electron chi connectivity index (χ1n) is 4.59. The van der Waals surface area contributed by atoms with Crippen LogP contribution in [0.4, 0.5) is 0 Å². The molecule has 0 aliphatic heterocycles. The molecular weight excluding hydrogens is 164 g/mol. The zero-order valence-electron chi connectivity index (χ0n) is 7.85. The Hall–Kier alpha value is -0.860. The van der Waals surface area contributed by atoms with Crippen molar-refractivity contribution in [3.8, 4) is 0 Å². The Bertz CT molecular complexity index is 233. The molecule has 13 heavy (non-hydrogen) atoms. The molecule has 0 bridgehead atoms. The van der Waals surface area contributed by atoms with Gasteiger partial charge in [-0.1, -0.05) is 37.3 Å². The average molecular weight is 180 g/mol. The number of rotatable bonds is 4. The second-order valence-corrected chi connectivity index (χ2v) is 3.28. The van der Waals surface area contributed by atoms with Crippen LogP contribution in [0.1, 0.15) is 24.8 Å². The molecule has 0 aliphatic carbocycles. The van der Waals surface area contributed by atoms with Crippen LogP contribution in [-0.4, -0.2) is 22.9 Å². The summed E-state index contributed by atoms with van der Waals surface area (Å²) in [6.45, 7) is 2.01. The van der Waals surface area contributed by atoms with Crippen molar-refractivity contribution in [2.24, 2.45) is 0 Å². The summed E-state index contributed by atoms with van der Waals surface area (Å²) in [5, 5.41) is 18.3. The van der Waals surface area contributed by atoms with E-state index in [1.54, 1.807) is 0 Å². The van der Waals surface area contributed by atoms with Crippen molar-refractivity contribution < 1.29 is 10.2 Å². The number of aliphatic hydroxyl groups is 2. The van der Waals surface area contributed by atoms with Gasteiger partial charge >= 0.3 is 0 Å². The zero-order valence-corrected chi connectivity index (χ0v) is 7.85. The fourth-order valence-electron chi connectivity index (χ4n) is 1.36. The standard InChI is InChI=1S/C11H16O2/c1-9(11(13)7-8-12)10-5-3-2-4-6-10/h2-6,9,11-13H,7-8H2,1H3/t9-,11+/m1/s1. The minimum atomic E-state index is -0.451. The molecule has 0 radical (unpaired) electrons. The molecule has 0 saturated carbocycles. The fourth-order valence-corrected chi connectivity index (χ4v) is 1.36. The lowest BCUT2D eigenvalue weighted by atomic mass is 9.94. The molecule has 2 N–H and O–H groups in total. The van der Waals surface area contributed by atoms with E-state index in [1.807, 2.05) is 37.3 Å². The third-order valence-corrected chi connectivity index (χ3v) is 2.33. The summed E-state index contributed by atoms with van der Waals surface area (Å²) in [6.07, 6.45) is -0.0109. The van der Waals surface area contributed by atoms with Crippen LogP contribution in [-0.2, 0) is 0 Å². The molecule has 0 saturated heterocycles. The Labute approximate surface area is 78.8 Å². The first-order chi connectivity index (χ1) is 6.25. The lowest BCUT2D eigenvalue weighted by molar-refractivity contribution is 0.113. The van der Waals surface area contributed by atoms with E-state index >= 15 is 0 Å². The smallest absolute Gasteiger partial charge is 0.0627 e. The van der Waals surface area contributed by atoms with Crippen LogP contribution in [0.15, 0.2) is 30.3 Å². The molecule has 1 aromatic carbocycles. The van der Waals surface area contributed by atoms with Crippen molar-refractivity contribution in [2.75, 3.05) is 6.61 Å². The molecular formula is C11H16O2. The average Bonchev–Trinajstić information content (AvgIpc) is 2.18. The zero-order chi connectivity index (χ0) is 9.68. The monoisotopic (exact) mass is 180 g/mol. The maximum Gasteiger partial charge on any atom is 0.0627 e. The summed E-state index contributed by atoms with van der Waals surface area (Å²) < 4.78 is 0. The van der Waals surface area contributed by atoms with E-state index in [4.69, 9.17) is 5.11 Å². The van der Waals surface area contributed by atoms with E-state index in [0.29, 0.717) is 6.42 Å². The SMILES string of the molecule is C[C@H](c1ccccc1)[C@@H](O)CCO. The van der Waals surface area contributed by atoms with Crippen molar-refractivity contribution in [3.05, 3.63) is 35.9 Å². The third-order valence-electron chi connectivity index (χ3n) is 2.33. The Morgan fingerprint density at radius 2 is 1.85 bits per heavy atom. The normalized spacial score (nSPS) is 15.3. The maximum absolute atomic E-state index is 9.61. The molecule has 0 fully saturated rings. The van der Waals surface area contributed by atoms with Gasteiger partial charge in [-0.3, -0.25) is 0 Å². The second-order valence-electron chi connectivity index (χ2n) is 3.28. The number of aliphatic hydroxyl groups excluding tert-OH is 2. The summed E-state index contributed by atoms with van der Waals surface area (Å²) in [6, 6.07) is 9.85. The van der Waals surface area contributed by atoms with Crippen LogP contribution in [0, 0.1) is 0 Å². The van der Waals surface area contributed by atoms with Gasteiger partial charge in [0, 0.05) is 12.5 Å². The molecule has 0 aromatic heterocycles. The molecule has 0 aliphatic rings. The first kappa shape index (κ1) is 10.2. The summed E-state index contributed by atoms with van der Waals surface area (Å²) >= 11 is 0. The van der Waals surface area contributed by atoms with Crippen molar-refractivity contribution in [1.29, 1.82) is 0 Å². The first-order valence-corrected chi connectivity index (χ1v) is 4.59. The highest BCUT2D eigenvalue weighted by Crippen LogP contribution is 2.20. The number of benzene rings is 1. The van der Waals surface area contributed by atoms with Gasteiger partial charge in [-0.15, -0.1) is 0 Å². The number of hydrogen-bond acceptors (Lipinski definition) is 2. The van der Waals surface area contributed by atoms with Crippen molar-refractivity contribution in [2.45, 2.75) is 25.4 Å². The minimum absolute atomic E-state index is 0.0400. The van der Waals surface area contributed by atoms with Crippen LogP contribution < -0.4 is 0 Å². The van der Waals surface area contributed by atoms with Crippen LogP contribution in [0.5, 0.6) is 0 Å². The van der Waals surface area contributed by atoms with Crippen molar-refractivity contribution >= 4 is 0 Å². The van der Waals surface area contributed by atoms with E-state index in [-0.39, 0.29) is 12.5 Å². The van der Waals surface area contributed by atoms with Gasteiger partial charge in [-0.2, -0.15) is 0 Å². The highest BCUT2D eigenvalue weighted by atomic mass is 16.3. The fraction of sp³-hybridized carbons (Fsp3) is 0.455. The predicted octanol–water partition coefficient (Wildman–Crippen LogP) is 1.53. The van der Waals surface area contributed by atoms with Gasteiger partial charge < -0.3 is 10.2 Å². The molecule has 0 heterocycles. The molecule has 1 rings (SSSR count). The summed E-state index contributed by atoms with van der Waals surface area (Å²) in [7, 11) is 0. The molecule has 0 amide bonds. The van der Waals surface area contributed by atoms with Gasteiger partial charge in [0.05, 0.1) is 6.10 Å². The Morgan fingerprint density at radius 3 is 2.38 bits per heavy atom. The summed E-state index contributed by atoms with van der Waals surface area (Å²) in [5.41, 5.74) is 1.11. The van der Waals surface area contributed by atoms with Crippen molar-refractivity contribution in [3.63, 3.8) is 0 Å². The highest BCUT2D eigenvalue weighted by Gasteiger charge is 2.14. The molecule has 0 spiro atoms. The Morgan fingerprint density at radius 1 is 1.23 bits per heavy atom. The van der Waals surface area contributed by atoms with Crippen LogP contribution in [0.25, 0.3) is 0 Å². The van der Waals surface area contributed by atoms with Gasteiger partial charge in [-0.05, 0) is 12.0 Å². The topological polar surface area (TPSA) is 40.5 Å². The largest absolute Gasteiger partial charge is 0.396 e. The maximum atomic E-state index is 9.61. The van der Waals surface area contributed by atoms with Gasteiger partial charge in [0.15, 0.2) is 0 Å². The summed E-state index contributed by atoms with van der Waals surface area (Å²) in [5.74, 6) is 0.0911. The molecule has 2 heteroatoms. The van der Waals surface area contributed by atoms with Crippen LogP contribution in [0.3, 0.4) is 0 Å². The van der Waals surface area contributed by atoms with Gasteiger partial charge in [-0.25, -0.2) is 0 Å². The van der Waals surface area contributed by atoms with Gasteiger partial charge in [0.1, 0.15) is 0 Å². The van der Waals surface area contributed by atoms with E-state index in [9.17, 15) is 5.11 Å². The molecule has 0 unspecified atom stereocenters. The van der Waals surface area contributed by atoms with E-state index in [2.05, 4.69) is 0 Å². The minimum Gasteiger partial charge on any atom is -0.396 e. The second kappa shape index (κ2) is 5.00. The predicted molar refractivity (Wildman–Crippen MR) is 52.6 cm³/mol. The van der Waals surface area contributed by atoms with E-state index in [1.165, 1.54) is 0 Å². The molecule has 2 nitrogen and oxygen atoms in total. The summed E-state index contributed by atoms with van der Waals surface area (Å²) in [4.78, 5) is 0. The Kier molecular flexibility index (Phi) is 3.93. The lowest BCUT2D eigenvalue weighted by Crippen LogP contribution is -2.17. The molecule has 2 atom stereocenters. The van der Waals surface area contributed by atoms with Gasteiger partial charge in [0.2, 0.25) is 0 Å². The molecule has 72 valence electrons. The molecule has 1 aromatic rings.